The van der Waals surface area contributed by atoms with Crippen molar-refractivity contribution in [2.75, 3.05) is 0 Å². The van der Waals surface area contributed by atoms with Crippen LogP contribution < -0.4 is 5.73 Å². The summed E-state index contributed by atoms with van der Waals surface area (Å²) in [6.07, 6.45) is 0.0560. The third-order valence-electron chi connectivity index (χ3n) is 3.92. The second-order valence-electron chi connectivity index (χ2n) is 6.28. The lowest BCUT2D eigenvalue weighted by Gasteiger charge is -2.34. The van der Waals surface area contributed by atoms with Gasteiger partial charge in [0.25, 0.3) is 0 Å². The van der Waals surface area contributed by atoms with Gasteiger partial charge in [0.1, 0.15) is 17.7 Å². The Hall–Kier alpha value is -1.30. The first-order chi connectivity index (χ1) is 8.29. The number of amides is 1. The van der Waals surface area contributed by atoms with Crippen LogP contribution in [0.1, 0.15) is 27.2 Å². The molecule has 2 saturated heterocycles. The van der Waals surface area contributed by atoms with Crippen LogP contribution in [0.15, 0.2) is 0 Å². The fourth-order valence-electron chi connectivity index (χ4n) is 3.32. The summed E-state index contributed by atoms with van der Waals surface area (Å²) >= 11 is 0. The maximum atomic E-state index is 12.2. The Kier molecular flexibility index (Phi) is 2.21. The molecule has 1 aliphatic carbocycles. The molecule has 1 saturated carbocycles. The van der Waals surface area contributed by atoms with Crippen LogP contribution in [-0.4, -0.2) is 46.8 Å². The molecule has 2 heterocycles. The highest BCUT2D eigenvalue weighted by Gasteiger charge is 2.66. The predicted molar refractivity (Wildman–Crippen MR) is 61.6 cm³/mol. The Balaban J connectivity index is 1.85. The van der Waals surface area contributed by atoms with E-state index in [4.69, 9.17) is 15.2 Å². The van der Waals surface area contributed by atoms with Crippen LogP contribution in [-0.2, 0) is 14.3 Å². The number of ether oxygens (including phenoxy) is 2. The van der Waals surface area contributed by atoms with Crippen molar-refractivity contribution in [1.29, 1.82) is 0 Å². The molecule has 2 N–H and O–H groups in total. The Morgan fingerprint density at radius 2 is 2.17 bits per heavy atom. The zero-order valence-corrected chi connectivity index (χ0v) is 10.8. The Morgan fingerprint density at radius 3 is 2.78 bits per heavy atom. The van der Waals surface area contributed by atoms with Gasteiger partial charge < -0.3 is 15.2 Å². The van der Waals surface area contributed by atoms with Gasteiger partial charge in [-0.1, -0.05) is 0 Å². The van der Waals surface area contributed by atoms with Gasteiger partial charge in [0.05, 0.1) is 12.1 Å². The van der Waals surface area contributed by atoms with Crippen LogP contribution in [0.4, 0.5) is 4.79 Å². The largest absolute Gasteiger partial charge is 0.459 e. The van der Waals surface area contributed by atoms with Crippen LogP contribution in [0.3, 0.4) is 0 Å². The van der Waals surface area contributed by atoms with Crippen molar-refractivity contribution in [1.82, 2.24) is 4.90 Å². The highest BCUT2D eigenvalue weighted by molar-refractivity contribution is 5.86. The quantitative estimate of drug-likeness (QED) is 0.626. The van der Waals surface area contributed by atoms with E-state index in [1.54, 1.807) is 20.8 Å². The van der Waals surface area contributed by atoms with Crippen LogP contribution in [0.5, 0.6) is 0 Å². The van der Waals surface area contributed by atoms with Gasteiger partial charge in [0.15, 0.2) is 0 Å². The Bertz CT molecular complexity index is 417. The Labute approximate surface area is 105 Å². The van der Waals surface area contributed by atoms with E-state index >= 15 is 0 Å². The standard InChI is InChI=1S/C12H18N2O4/c1-12(2,3)18-11(16)14-6-4-5-8(14)10(15)17-9(5)7(6)13/h5-9H,4,13H2,1-3H3. The lowest BCUT2D eigenvalue weighted by Crippen LogP contribution is -2.56. The lowest BCUT2D eigenvalue weighted by molar-refractivity contribution is -0.143. The highest BCUT2D eigenvalue weighted by atomic mass is 16.6. The zero-order valence-electron chi connectivity index (χ0n) is 10.8. The molecule has 0 aromatic heterocycles. The minimum Gasteiger partial charge on any atom is -0.459 e. The maximum Gasteiger partial charge on any atom is 0.411 e. The molecule has 0 aromatic carbocycles. The van der Waals surface area contributed by atoms with Crippen LogP contribution >= 0.6 is 0 Å². The highest BCUT2D eigenvalue weighted by Crippen LogP contribution is 2.48. The summed E-state index contributed by atoms with van der Waals surface area (Å²) in [5.74, 6) is -0.295. The minimum atomic E-state index is -0.578. The fraction of sp³-hybridized carbons (Fsp3) is 0.833. The van der Waals surface area contributed by atoms with Crippen molar-refractivity contribution < 1.29 is 19.1 Å². The number of rotatable bonds is 0. The van der Waals surface area contributed by atoms with E-state index in [0.29, 0.717) is 0 Å². The summed E-state index contributed by atoms with van der Waals surface area (Å²) in [6.45, 7) is 5.40. The molecule has 3 aliphatic rings. The molecular weight excluding hydrogens is 236 g/mol. The summed E-state index contributed by atoms with van der Waals surface area (Å²) < 4.78 is 10.6. The van der Waals surface area contributed by atoms with Crippen LogP contribution in [0.2, 0.25) is 0 Å². The number of carbonyl (C=O) groups is 2. The summed E-state index contributed by atoms with van der Waals surface area (Å²) in [5.41, 5.74) is 5.45. The number of esters is 1. The number of carbonyl (C=O) groups excluding carboxylic acids is 2. The molecule has 3 rings (SSSR count). The van der Waals surface area contributed by atoms with Crippen LogP contribution in [0.25, 0.3) is 0 Å². The number of hydrogen-bond acceptors (Lipinski definition) is 5. The molecular formula is C12H18N2O4. The number of likely N-dealkylation sites (tertiary alicyclic amines) is 1. The summed E-state index contributed by atoms with van der Waals surface area (Å²) in [6, 6.07) is -0.911. The number of nitrogens with two attached hydrogens (primary N) is 1. The molecule has 0 aromatic rings. The minimum absolute atomic E-state index is 0.0463. The van der Waals surface area contributed by atoms with Gasteiger partial charge in [-0.15, -0.1) is 0 Å². The van der Waals surface area contributed by atoms with E-state index in [-0.39, 0.29) is 30.1 Å². The molecule has 18 heavy (non-hydrogen) atoms. The van der Waals surface area contributed by atoms with Crippen molar-refractivity contribution in [3.05, 3.63) is 0 Å². The molecule has 2 aliphatic heterocycles. The Morgan fingerprint density at radius 1 is 1.50 bits per heavy atom. The van der Waals surface area contributed by atoms with Gasteiger partial charge in [-0.3, -0.25) is 4.90 Å². The number of fused-ring (bicyclic) bond motifs is 1. The van der Waals surface area contributed by atoms with E-state index in [0.717, 1.165) is 6.42 Å². The van der Waals surface area contributed by atoms with Crippen molar-refractivity contribution in [2.45, 2.75) is 57.0 Å². The smallest absolute Gasteiger partial charge is 0.411 e. The van der Waals surface area contributed by atoms with Crippen molar-refractivity contribution in [3.8, 4) is 0 Å². The molecule has 3 fully saturated rings. The molecule has 6 heteroatoms. The van der Waals surface area contributed by atoms with E-state index in [2.05, 4.69) is 0 Å². The predicted octanol–water partition coefficient (Wildman–Crippen LogP) is 0.247. The molecule has 5 unspecified atom stereocenters. The van der Waals surface area contributed by atoms with Gasteiger partial charge >= 0.3 is 12.1 Å². The zero-order chi connectivity index (χ0) is 13.2. The topological polar surface area (TPSA) is 81.9 Å². The number of piperidine rings is 1. The van der Waals surface area contributed by atoms with Gasteiger partial charge in [-0.05, 0) is 27.2 Å². The summed E-state index contributed by atoms with van der Waals surface area (Å²) in [5, 5.41) is 0. The maximum absolute atomic E-state index is 12.2. The van der Waals surface area contributed by atoms with Crippen molar-refractivity contribution >= 4 is 12.1 Å². The first-order valence-electron chi connectivity index (χ1n) is 6.27. The molecule has 0 radical (unpaired) electrons. The summed E-state index contributed by atoms with van der Waals surface area (Å²) in [4.78, 5) is 25.5. The second-order valence-corrected chi connectivity index (χ2v) is 6.28. The normalized spacial score (nSPS) is 41.2. The average molecular weight is 254 g/mol. The second kappa shape index (κ2) is 3.38. The molecule has 1 amide bonds. The van der Waals surface area contributed by atoms with Gasteiger partial charge in [-0.25, -0.2) is 9.59 Å². The third kappa shape index (κ3) is 1.44. The van der Waals surface area contributed by atoms with Crippen molar-refractivity contribution in [3.63, 3.8) is 0 Å². The molecule has 0 spiro atoms. The lowest BCUT2D eigenvalue weighted by atomic mass is 9.97. The first-order valence-corrected chi connectivity index (χ1v) is 6.27. The number of nitrogens with zero attached hydrogens (tertiary/aromatic N) is 1. The van der Waals surface area contributed by atoms with Gasteiger partial charge in [0.2, 0.25) is 0 Å². The van der Waals surface area contributed by atoms with E-state index < -0.39 is 17.7 Å². The van der Waals surface area contributed by atoms with E-state index in [9.17, 15) is 9.59 Å². The fourth-order valence-corrected chi connectivity index (χ4v) is 3.32. The van der Waals surface area contributed by atoms with E-state index in [1.807, 2.05) is 0 Å². The third-order valence-corrected chi connectivity index (χ3v) is 3.92. The van der Waals surface area contributed by atoms with E-state index in [1.165, 1.54) is 4.90 Å². The molecule has 100 valence electrons. The van der Waals surface area contributed by atoms with Gasteiger partial charge in [0, 0.05) is 5.92 Å². The average Bonchev–Trinajstić information content (AvgIpc) is 2.78. The molecule has 5 atom stereocenters. The first kappa shape index (κ1) is 11.8. The van der Waals surface area contributed by atoms with Gasteiger partial charge in [-0.2, -0.15) is 0 Å². The monoisotopic (exact) mass is 254 g/mol. The SMILES string of the molecule is CC(C)(C)OC(=O)N1C2CC3C(OC(=O)C31)C2N. The molecule has 2 bridgehead atoms. The summed E-state index contributed by atoms with van der Waals surface area (Å²) in [7, 11) is 0. The molecule has 6 nitrogen and oxygen atoms in total. The number of hydrogen-bond donors (Lipinski definition) is 1. The van der Waals surface area contributed by atoms with Crippen molar-refractivity contribution in [2.24, 2.45) is 11.7 Å². The van der Waals surface area contributed by atoms with Crippen LogP contribution in [0, 0.1) is 5.92 Å².